The van der Waals surface area contributed by atoms with E-state index in [1.807, 2.05) is 37.2 Å². The van der Waals surface area contributed by atoms with Crippen LogP contribution in [0.2, 0.25) is 0 Å². The Morgan fingerprint density at radius 2 is 1.95 bits per heavy atom. The van der Waals surface area contributed by atoms with Crippen LogP contribution >= 0.6 is 0 Å². The first-order valence-corrected chi connectivity index (χ1v) is 7.43. The number of hydrogen-bond acceptors (Lipinski definition) is 2. The summed E-state index contributed by atoms with van der Waals surface area (Å²) in [6, 6.07) is 8.17. The second kappa shape index (κ2) is 5.35. The second-order valence-electron chi connectivity index (χ2n) is 6.00. The van der Waals surface area contributed by atoms with Crippen LogP contribution in [0.25, 0.3) is 0 Å². The lowest BCUT2D eigenvalue weighted by Gasteiger charge is -2.22. The van der Waals surface area contributed by atoms with Crippen molar-refractivity contribution in [2.75, 3.05) is 11.4 Å². The Labute approximate surface area is 125 Å². The average Bonchev–Trinajstić information content (AvgIpc) is 3.20. The van der Waals surface area contributed by atoms with E-state index in [-0.39, 0.29) is 5.91 Å². The zero-order valence-corrected chi connectivity index (χ0v) is 12.8. The molecule has 1 heterocycles. The van der Waals surface area contributed by atoms with Crippen molar-refractivity contribution < 1.29 is 4.79 Å². The summed E-state index contributed by atoms with van der Waals surface area (Å²) in [5, 5.41) is 4.29. The molecule has 1 aromatic heterocycles. The normalized spacial score (nSPS) is 14.2. The number of benzene rings is 1. The highest BCUT2D eigenvalue weighted by Gasteiger charge is 2.29. The Balaban J connectivity index is 1.92. The van der Waals surface area contributed by atoms with E-state index in [4.69, 9.17) is 0 Å². The fraction of sp³-hybridized carbons (Fsp3) is 0.412. The average molecular weight is 283 g/mol. The van der Waals surface area contributed by atoms with Gasteiger partial charge in [0.15, 0.2) is 0 Å². The molecule has 1 aliphatic rings. The number of amides is 1. The highest BCUT2D eigenvalue weighted by molar-refractivity contribution is 6.06. The molecule has 4 nitrogen and oxygen atoms in total. The molecule has 21 heavy (non-hydrogen) atoms. The topological polar surface area (TPSA) is 38.1 Å². The van der Waals surface area contributed by atoms with E-state index >= 15 is 0 Å². The van der Waals surface area contributed by atoms with E-state index in [9.17, 15) is 4.79 Å². The maximum Gasteiger partial charge on any atom is 0.261 e. The Morgan fingerprint density at radius 3 is 2.48 bits per heavy atom. The summed E-state index contributed by atoms with van der Waals surface area (Å²) in [5.74, 6) is 0.698. The van der Waals surface area contributed by atoms with Crippen molar-refractivity contribution in [3.05, 3.63) is 47.3 Å². The quantitative estimate of drug-likeness (QED) is 0.864. The molecule has 3 rings (SSSR count). The monoisotopic (exact) mass is 283 g/mol. The molecule has 4 heteroatoms. The van der Waals surface area contributed by atoms with Gasteiger partial charge in [-0.2, -0.15) is 5.10 Å². The summed E-state index contributed by atoms with van der Waals surface area (Å²) in [6.45, 7) is 4.75. The van der Waals surface area contributed by atoms with Gasteiger partial charge in [-0.25, -0.2) is 0 Å². The smallest absolute Gasteiger partial charge is 0.261 e. The number of aromatic nitrogens is 2. The first kappa shape index (κ1) is 13.9. The van der Waals surface area contributed by atoms with Crippen LogP contribution < -0.4 is 4.90 Å². The highest BCUT2D eigenvalue weighted by Crippen LogP contribution is 2.32. The van der Waals surface area contributed by atoms with Gasteiger partial charge in [-0.1, -0.05) is 17.7 Å². The van der Waals surface area contributed by atoms with E-state index in [1.165, 1.54) is 18.4 Å². The van der Waals surface area contributed by atoms with Gasteiger partial charge in [-0.15, -0.1) is 0 Å². The lowest BCUT2D eigenvalue weighted by atomic mass is 10.1. The number of carbonyl (C=O) groups is 1. The van der Waals surface area contributed by atoms with Crippen molar-refractivity contribution in [2.45, 2.75) is 26.7 Å². The summed E-state index contributed by atoms with van der Waals surface area (Å²) in [7, 11) is 1.85. The minimum atomic E-state index is 0.0522. The fourth-order valence-corrected chi connectivity index (χ4v) is 2.54. The van der Waals surface area contributed by atoms with Crippen LogP contribution in [0.1, 0.15) is 34.5 Å². The zero-order valence-electron chi connectivity index (χ0n) is 12.8. The van der Waals surface area contributed by atoms with Gasteiger partial charge in [0, 0.05) is 25.5 Å². The van der Waals surface area contributed by atoms with Crippen LogP contribution in [0.4, 0.5) is 5.69 Å². The van der Waals surface area contributed by atoms with Crippen molar-refractivity contribution in [3.8, 4) is 0 Å². The van der Waals surface area contributed by atoms with E-state index in [0.717, 1.165) is 17.9 Å². The summed E-state index contributed by atoms with van der Waals surface area (Å²) in [4.78, 5) is 14.8. The minimum absolute atomic E-state index is 0.0522. The van der Waals surface area contributed by atoms with Gasteiger partial charge in [0.2, 0.25) is 0 Å². The molecule has 1 fully saturated rings. The van der Waals surface area contributed by atoms with E-state index < -0.39 is 0 Å². The molecular weight excluding hydrogens is 262 g/mol. The van der Waals surface area contributed by atoms with Crippen molar-refractivity contribution in [1.82, 2.24) is 9.78 Å². The summed E-state index contributed by atoms with van der Waals surface area (Å²) in [5.41, 5.74) is 3.66. The third-order valence-corrected chi connectivity index (χ3v) is 3.97. The largest absolute Gasteiger partial charge is 0.308 e. The third-order valence-electron chi connectivity index (χ3n) is 3.97. The Morgan fingerprint density at radius 1 is 1.29 bits per heavy atom. The summed E-state index contributed by atoms with van der Waals surface area (Å²) in [6.07, 6.45) is 4.26. The van der Waals surface area contributed by atoms with Gasteiger partial charge in [-0.05, 0) is 44.7 Å². The number of nitrogens with zero attached hydrogens (tertiary/aromatic N) is 3. The number of anilines is 1. The highest BCUT2D eigenvalue weighted by atomic mass is 16.2. The second-order valence-corrected chi connectivity index (χ2v) is 6.00. The SMILES string of the molecule is Cc1ccc(N(CC2CC2)C(=O)c2cn(C)nc2C)cc1. The van der Waals surface area contributed by atoms with Gasteiger partial charge in [0.05, 0.1) is 11.3 Å². The molecule has 0 unspecified atom stereocenters. The minimum Gasteiger partial charge on any atom is -0.308 e. The third kappa shape index (κ3) is 2.99. The van der Waals surface area contributed by atoms with Gasteiger partial charge in [0.25, 0.3) is 5.91 Å². The van der Waals surface area contributed by atoms with Crippen molar-refractivity contribution in [1.29, 1.82) is 0 Å². The molecule has 0 N–H and O–H groups in total. The number of carbonyl (C=O) groups excluding carboxylic acids is 1. The van der Waals surface area contributed by atoms with Crippen LogP contribution in [0.3, 0.4) is 0 Å². The molecule has 1 aliphatic carbocycles. The van der Waals surface area contributed by atoms with E-state index in [0.29, 0.717) is 11.5 Å². The Hall–Kier alpha value is -2.10. The van der Waals surface area contributed by atoms with Crippen LogP contribution in [0.15, 0.2) is 30.5 Å². The molecule has 110 valence electrons. The summed E-state index contributed by atoms with van der Waals surface area (Å²) >= 11 is 0. The first-order chi connectivity index (χ1) is 10.0. The van der Waals surface area contributed by atoms with Gasteiger partial charge < -0.3 is 4.90 Å². The zero-order chi connectivity index (χ0) is 15.0. The van der Waals surface area contributed by atoms with Crippen LogP contribution in [-0.2, 0) is 7.05 Å². The van der Waals surface area contributed by atoms with Gasteiger partial charge >= 0.3 is 0 Å². The molecule has 0 radical (unpaired) electrons. The molecule has 0 bridgehead atoms. The lowest BCUT2D eigenvalue weighted by molar-refractivity contribution is 0.0985. The van der Waals surface area contributed by atoms with Crippen molar-refractivity contribution in [3.63, 3.8) is 0 Å². The molecule has 2 aromatic rings. The van der Waals surface area contributed by atoms with Gasteiger partial charge in [0.1, 0.15) is 0 Å². The van der Waals surface area contributed by atoms with Crippen LogP contribution in [0.5, 0.6) is 0 Å². The molecule has 0 atom stereocenters. The maximum atomic E-state index is 12.9. The molecule has 0 spiro atoms. The molecule has 1 amide bonds. The summed E-state index contributed by atoms with van der Waals surface area (Å²) < 4.78 is 1.70. The fourth-order valence-electron chi connectivity index (χ4n) is 2.54. The number of aryl methyl sites for hydroxylation is 3. The van der Waals surface area contributed by atoms with Crippen LogP contribution in [-0.4, -0.2) is 22.2 Å². The van der Waals surface area contributed by atoms with E-state index in [2.05, 4.69) is 24.2 Å². The molecule has 0 saturated heterocycles. The standard InChI is InChI=1S/C17H21N3O/c1-12-4-8-15(9-5-12)20(10-14-6-7-14)17(21)16-11-19(3)18-13(16)2/h4-5,8-9,11,14H,6-7,10H2,1-3H3. The van der Waals surface area contributed by atoms with Crippen LogP contribution in [0, 0.1) is 19.8 Å². The van der Waals surface area contributed by atoms with Crippen molar-refractivity contribution >= 4 is 11.6 Å². The number of hydrogen-bond donors (Lipinski definition) is 0. The lowest BCUT2D eigenvalue weighted by Crippen LogP contribution is -2.33. The van der Waals surface area contributed by atoms with Crippen molar-refractivity contribution in [2.24, 2.45) is 13.0 Å². The molecule has 1 saturated carbocycles. The predicted molar refractivity (Wildman–Crippen MR) is 83.5 cm³/mol. The number of rotatable bonds is 4. The van der Waals surface area contributed by atoms with E-state index in [1.54, 1.807) is 4.68 Å². The molecule has 0 aliphatic heterocycles. The Kier molecular flexibility index (Phi) is 3.53. The van der Waals surface area contributed by atoms with Gasteiger partial charge in [-0.3, -0.25) is 9.48 Å². The molecular formula is C17H21N3O. The predicted octanol–water partition coefficient (Wildman–Crippen LogP) is 3.09. The maximum absolute atomic E-state index is 12.9. The molecule has 1 aromatic carbocycles. The Bertz CT molecular complexity index is 653. The first-order valence-electron chi connectivity index (χ1n) is 7.43.